The van der Waals surface area contributed by atoms with Crippen LogP contribution in [0.2, 0.25) is 0 Å². The molecule has 6 heteroatoms. The Morgan fingerprint density at radius 3 is 2.42 bits per heavy atom. The van der Waals surface area contributed by atoms with E-state index in [9.17, 15) is 0 Å². The van der Waals surface area contributed by atoms with Crippen LogP contribution in [-0.4, -0.2) is 52.5 Å². The maximum atomic E-state index is 5.42. The van der Waals surface area contributed by atoms with E-state index >= 15 is 0 Å². The average Bonchev–Trinajstić information content (AvgIpc) is 2.40. The van der Waals surface area contributed by atoms with Crippen molar-refractivity contribution in [3.05, 3.63) is 12.7 Å². The van der Waals surface area contributed by atoms with Crippen molar-refractivity contribution in [3.8, 4) is 0 Å². The summed E-state index contributed by atoms with van der Waals surface area (Å²) in [6, 6.07) is 0. The van der Waals surface area contributed by atoms with Crippen molar-refractivity contribution in [2.75, 3.05) is 46.6 Å². The van der Waals surface area contributed by atoms with Crippen LogP contribution in [0.5, 0.6) is 0 Å². The Labute approximate surface area is 134 Å². The number of hydrogen-bond donors (Lipinski definition) is 2. The number of unbranched alkanes of at least 4 members (excludes halogenated alkanes) is 1. The van der Waals surface area contributed by atoms with Gasteiger partial charge in [-0.3, -0.25) is 4.99 Å². The fourth-order valence-electron chi connectivity index (χ4n) is 1.20. The van der Waals surface area contributed by atoms with E-state index in [-0.39, 0.29) is 24.0 Å². The maximum absolute atomic E-state index is 5.42. The molecule has 0 rings (SSSR count). The van der Waals surface area contributed by atoms with Crippen molar-refractivity contribution in [2.45, 2.75) is 19.8 Å². The van der Waals surface area contributed by atoms with Gasteiger partial charge in [0.05, 0.1) is 19.8 Å². The fraction of sp³-hybridized carbons (Fsp3) is 0.769. The summed E-state index contributed by atoms with van der Waals surface area (Å²) in [4.78, 5) is 4.06. The second kappa shape index (κ2) is 17.7. The van der Waals surface area contributed by atoms with Crippen LogP contribution < -0.4 is 10.6 Å². The van der Waals surface area contributed by atoms with Crippen molar-refractivity contribution in [1.82, 2.24) is 10.6 Å². The standard InChI is InChI=1S/C13H27N3O2.HI/c1-4-6-9-17-11-12-18-10-8-16-13(14-3)15-7-5-2;/h5H,2,4,6-12H2,1,3H3,(H2,14,15,16);1H. The van der Waals surface area contributed by atoms with Crippen molar-refractivity contribution >= 4 is 29.9 Å². The Balaban J connectivity index is 0. The van der Waals surface area contributed by atoms with Gasteiger partial charge in [0.25, 0.3) is 0 Å². The van der Waals surface area contributed by atoms with E-state index in [0.717, 1.165) is 25.5 Å². The molecule has 0 heterocycles. The molecule has 0 radical (unpaired) electrons. The summed E-state index contributed by atoms with van der Waals surface area (Å²) in [7, 11) is 1.74. The molecule has 0 saturated heterocycles. The van der Waals surface area contributed by atoms with Gasteiger partial charge in [-0.15, -0.1) is 30.6 Å². The molecular weight excluding hydrogens is 357 g/mol. The molecule has 0 aromatic rings. The second-order valence-electron chi connectivity index (χ2n) is 3.75. The van der Waals surface area contributed by atoms with Crippen LogP contribution in [0.25, 0.3) is 0 Å². The Morgan fingerprint density at radius 2 is 1.84 bits per heavy atom. The summed E-state index contributed by atoms with van der Waals surface area (Å²) in [5.41, 5.74) is 0. The molecular formula is C13H28IN3O2. The molecule has 5 nitrogen and oxygen atoms in total. The third-order valence-electron chi connectivity index (χ3n) is 2.19. The highest BCUT2D eigenvalue weighted by atomic mass is 127. The lowest BCUT2D eigenvalue weighted by molar-refractivity contribution is 0.0487. The van der Waals surface area contributed by atoms with Gasteiger partial charge in [0.15, 0.2) is 5.96 Å². The van der Waals surface area contributed by atoms with E-state index in [4.69, 9.17) is 9.47 Å². The number of aliphatic imine (C=N–C) groups is 1. The zero-order chi connectivity index (χ0) is 13.5. The van der Waals surface area contributed by atoms with Crippen LogP contribution in [-0.2, 0) is 9.47 Å². The van der Waals surface area contributed by atoms with Gasteiger partial charge < -0.3 is 20.1 Å². The minimum Gasteiger partial charge on any atom is -0.379 e. The molecule has 2 N–H and O–H groups in total. The summed E-state index contributed by atoms with van der Waals surface area (Å²) in [5, 5.41) is 6.23. The molecule has 0 aliphatic carbocycles. The van der Waals surface area contributed by atoms with E-state index in [0.29, 0.717) is 26.4 Å². The minimum atomic E-state index is 0. The topological polar surface area (TPSA) is 54.9 Å². The first-order chi connectivity index (χ1) is 8.85. The van der Waals surface area contributed by atoms with Gasteiger partial charge in [-0.1, -0.05) is 19.4 Å². The van der Waals surface area contributed by atoms with Gasteiger partial charge in [0.2, 0.25) is 0 Å². The Kier molecular flexibility index (Phi) is 19.5. The summed E-state index contributed by atoms with van der Waals surface area (Å²) in [6.07, 6.45) is 4.07. The zero-order valence-electron chi connectivity index (χ0n) is 12.1. The lowest BCUT2D eigenvalue weighted by atomic mass is 10.4. The first kappa shape index (κ1) is 21.0. The van der Waals surface area contributed by atoms with Gasteiger partial charge in [-0.25, -0.2) is 0 Å². The van der Waals surface area contributed by atoms with Crippen molar-refractivity contribution in [3.63, 3.8) is 0 Å². The summed E-state index contributed by atoms with van der Waals surface area (Å²) in [5.74, 6) is 0.762. The van der Waals surface area contributed by atoms with Gasteiger partial charge in [-0.2, -0.15) is 0 Å². The number of guanidine groups is 1. The molecule has 114 valence electrons. The van der Waals surface area contributed by atoms with Crippen LogP contribution in [0.4, 0.5) is 0 Å². The number of rotatable bonds is 11. The van der Waals surface area contributed by atoms with Crippen LogP contribution in [0, 0.1) is 0 Å². The number of ether oxygens (including phenoxy) is 2. The second-order valence-corrected chi connectivity index (χ2v) is 3.75. The Hall–Kier alpha value is -0.340. The Bertz CT molecular complexity index is 226. The van der Waals surface area contributed by atoms with Gasteiger partial charge in [0.1, 0.15) is 0 Å². The molecule has 19 heavy (non-hydrogen) atoms. The molecule has 0 unspecified atom stereocenters. The lowest BCUT2D eigenvalue weighted by Gasteiger charge is -2.10. The SMILES string of the molecule is C=CCNC(=NC)NCCOCCOCCCC.I. The van der Waals surface area contributed by atoms with Crippen LogP contribution in [0.3, 0.4) is 0 Å². The van der Waals surface area contributed by atoms with Crippen molar-refractivity contribution in [2.24, 2.45) is 4.99 Å². The average molecular weight is 385 g/mol. The van der Waals surface area contributed by atoms with E-state index in [1.54, 1.807) is 13.1 Å². The highest BCUT2D eigenvalue weighted by molar-refractivity contribution is 14.0. The van der Waals surface area contributed by atoms with Crippen molar-refractivity contribution < 1.29 is 9.47 Å². The normalized spacial score (nSPS) is 10.7. The molecule has 0 aromatic carbocycles. The van der Waals surface area contributed by atoms with E-state index in [2.05, 4.69) is 29.1 Å². The molecule has 0 atom stereocenters. The fourth-order valence-corrected chi connectivity index (χ4v) is 1.20. The number of halogens is 1. The molecule has 0 amide bonds. The first-order valence-electron chi connectivity index (χ1n) is 6.56. The monoisotopic (exact) mass is 385 g/mol. The maximum Gasteiger partial charge on any atom is 0.191 e. The molecule has 0 bridgehead atoms. The predicted molar refractivity (Wildman–Crippen MR) is 91.5 cm³/mol. The van der Waals surface area contributed by atoms with E-state index < -0.39 is 0 Å². The van der Waals surface area contributed by atoms with Crippen LogP contribution in [0.15, 0.2) is 17.6 Å². The van der Waals surface area contributed by atoms with E-state index in [1.807, 2.05) is 0 Å². The predicted octanol–water partition coefficient (Wildman–Crippen LogP) is 1.79. The van der Waals surface area contributed by atoms with Gasteiger partial charge in [-0.05, 0) is 6.42 Å². The minimum absolute atomic E-state index is 0. The molecule has 0 aromatic heterocycles. The quantitative estimate of drug-likeness (QED) is 0.187. The van der Waals surface area contributed by atoms with Crippen LogP contribution in [0.1, 0.15) is 19.8 Å². The first-order valence-corrected chi connectivity index (χ1v) is 6.56. The van der Waals surface area contributed by atoms with E-state index in [1.165, 1.54) is 6.42 Å². The highest BCUT2D eigenvalue weighted by Gasteiger charge is 1.94. The Morgan fingerprint density at radius 1 is 1.16 bits per heavy atom. The summed E-state index contributed by atoms with van der Waals surface area (Å²) >= 11 is 0. The molecule has 0 fully saturated rings. The summed E-state index contributed by atoms with van der Waals surface area (Å²) < 4.78 is 10.8. The van der Waals surface area contributed by atoms with Gasteiger partial charge in [0, 0.05) is 26.7 Å². The molecule has 0 aliphatic rings. The molecule has 0 spiro atoms. The molecule has 0 saturated carbocycles. The number of nitrogens with one attached hydrogen (secondary N) is 2. The lowest BCUT2D eigenvalue weighted by Crippen LogP contribution is -2.39. The molecule has 0 aliphatic heterocycles. The summed E-state index contributed by atoms with van der Waals surface area (Å²) in [6.45, 7) is 10.0. The number of nitrogens with zero attached hydrogens (tertiary/aromatic N) is 1. The van der Waals surface area contributed by atoms with Gasteiger partial charge >= 0.3 is 0 Å². The zero-order valence-corrected chi connectivity index (χ0v) is 14.4. The smallest absolute Gasteiger partial charge is 0.191 e. The van der Waals surface area contributed by atoms with Crippen molar-refractivity contribution in [1.29, 1.82) is 0 Å². The third-order valence-corrected chi connectivity index (χ3v) is 2.19. The largest absolute Gasteiger partial charge is 0.379 e. The van der Waals surface area contributed by atoms with Crippen LogP contribution >= 0.6 is 24.0 Å². The highest BCUT2D eigenvalue weighted by Crippen LogP contribution is 1.87. The number of hydrogen-bond acceptors (Lipinski definition) is 3. The third kappa shape index (κ3) is 15.6.